The summed E-state index contributed by atoms with van der Waals surface area (Å²) in [6.45, 7) is 1.74. The number of hydrogen-bond donors (Lipinski definition) is 1. The number of rotatable bonds is 2. The molecule has 1 aromatic carbocycles. The number of anilines is 1. The van der Waals surface area contributed by atoms with E-state index in [1.807, 2.05) is 0 Å². The van der Waals surface area contributed by atoms with Crippen molar-refractivity contribution in [2.75, 3.05) is 11.9 Å². The third-order valence-electron chi connectivity index (χ3n) is 1.64. The third-order valence-corrected chi connectivity index (χ3v) is 1.64. The van der Waals surface area contributed by atoms with E-state index < -0.39 is 17.8 Å². The predicted octanol–water partition coefficient (Wildman–Crippen LogP) is 3.07. The highest BCUT2D eigenvalue weighted by Gasteiger charge is 2.30. The van der Waals surface area contributed by atoms with Gasteiger partial charge in [0.1, 0.15) is 0 Å². The Bertz CT molecular complexity index is 377. The number of carbonyl (C=O) groups excluding carboxylic acids is 1. The van der Waals surface area contributed by atoms with E-state index in [0.717, 1.165) is 12.1 Å². The highest BCUT2D eigenvalue weighted by Crippen LogP contribution is 2.30. The van der Waals surface area contributed by atoms with Crippen molar-refractivity contribution in [1.29, 1.82) is 0 Å². The van der Waals surface area contributed by atoms with E-state index in [4.69, 9.17) is 0 Å². The van der Waals surface area contributed by atoms with Crippen molar-refractivity contribution in [1.82, 2.24) is 0 Å². The molecule has 87 valence electrons. The second-order valence-corrected chi connectivity index (χ2v) is 2.85. The van der Waals surface area contributed by atoms with Crippen molar-refractivity contribution in [3.8, 4) is 0 Å². The summed E-state index contributed by atoms with van der Waals surface area (Å²) in [7, 11) is 0. The first-order valence-electron chi connectivity index (χ1n) is 4.45. The highest BCUT2D eigenvalue weighted by molar-refractivity contribution is 5.84. The van der Waals surface area contributed by atoms with Gasteiger partial charge in [0.25, 0.3) is 0 Å². The van der Waals surface area contributed by atoms with Gasteiger partial charge in [-0.25, -0.2) is 4.79 Å². The lowest BCUT2D eigenvalue weighted by atomic mass is 10.2. The molecule has 0 atom stereocenters. The Labute approximate surface area is 90.2 Å². The molecule has 0 heterocycles. The Morgan fingerprint density at radius 3 is 2.75 bits per heavy atom. The summed E-state index contributed by atoms with van der Waals surface area (Å²) in [5, 5.41) is 2.16. The van der Waals surface area contributed by atoms with Crippen molar-refractivity contribution in [3.05, 3.63) is 29.8 Å². The Balaban J connectivity index is 2.79. The Morgan fingerprint density at radius 1 is 1.50 bits per heavy atom. The summed E-state index contributed by atoms with van der Waals surface area (Å²) in [5.41, 5.74) is -0.880. The summed E-state index contributed by atoms with van der Waals surface area (Å²) in [5.74, 6) is 0. The van der Waals surface area contributed by atoms with Gasteiger partial charge in [0.05, 0.1) is 12.2 Å². The summed E-state index contributed by atoms with van der Waals surface area (Å²) >= 11 is 0. The van der Waals surface area contributed by atoms with Crippen LogP contribution in [-0.4, -0.2) is 12.7 Å². The van der Waals surface area contributed by atoms with E-state index in [1.54, 1.807) is 6.92 Å². The fraction of sp³-hybridized carbons (Fsp3) is 0.300. The molecule has 0 aromatic heterocycles. The molecular weight excluding hydrogens is 223 g/mol. The first-order valence-corrected chi connectivity index (χ1v) is 4.45. The second-order valence-electron chi connectivity index (χ2n) is 2.85. The van der Waals surface area contributed by atoms with Crippen LogP contribution in [0.25, 0.3) is 0 Å². The van der Waals surface area contributed by atoms with Crippen LogP contribution in [0.5, 0.6) is 0 Å². The van der Waals surface area contributed by atoms with Crippen molar-refractivity contribution in [3.63, 3.8) is 0 Å². The molecule has 1 N–H and O–H groups in total. The second kappa shape index (κ2) is 4.87. The molecule has 0 spiro atoms. The SMILES string of the molecule is CCOC(=O)Nc1c[c]cc(C(F)(F)F)c1. The van der Waals surface area contributed by atoms with Crippen LogP contribution in [-0.2, 0) is 10.9 Å². The summed E-state index contributed by atoms with van der Waals surface area (Å²) in [6.07, 6.45) is -5.25. The van der Waals surface area contributed by atoms with Crippen LogP contribution in [0, 0.1) is 6.07 Å². The lowest BCUT2D eigenvalue weighted by Crippen LogP contribution is -2.14. The van der Waals surface area contributed by atoms with Crippen LogP contribution in [0.1, 0.15) is 12.5 Å². The highest BCUT2D eigenvalue weighted by atomic mass is 19.4. The quantitative estimate of drug-likeness (QED) is 0.850. The van der Waals surface area contributed by atoms with Gasteiger partial charge in [-0.15, -0.1) is 0 Å². The van der Waals surface area contributed by atoms with Crippen molar-refractivity contribution >= 4 is 11.8 Å². The van der Waals surface area contributed by atoms with Crippen LogP contribution in [0.15, 0.2) is 18.2 Å². The minimum Gasteiger partial charge on any atom is -0.450 e. The number of hydrogen-bond acceptors (Lipinski definition) is 2. The molecule has 3 nitrogen and oxygen atoms in total. The van der Waals surface area contributed by atoms with E-state index in [2.05, 4.69) is 16.1 Å². The molecule has 0 aliphatic rings. The van der Waals surface area contributed by atoms with Gasteiger partial charge in [-0.3, -0.25) is 5.32 Å². The summed E-state index contributed by atoms with van der Waals surface area (Å²) in [6, 6.07) is 5.14. The van der Waals surface area contributed by atoms with E-state index in [1.165, 1.54) is 6.07 Å². The number of carbonyl (C=O) groups is 1. The molecular formula is C10H9F3NO2. The maximum atomic E-state index is 12.3. The van der Waals surface area contributed by atoms with E-state index in [9.17, 15) is 18.0 Å². The number of alkyl halides is 3. The number of halogens is 3. The largest absolute Gasteiger partial charge is 0.450 e. The number of benzene rings is 1. The zero-order valence-corrected chi connectivity index (χ0v) is 8.39. The predicted molar refractivity (Wildman–Crippen MR) is 50.9 cm³/mol. The summed E-state index contributed by atoms with van der Waals surface area (Å²) in [4.78, 5) is 10.9. The normalized spacial score (nSPS) is 11.0. The fourth-order valence-corrected chi connectivity index (χ4v) is 0.993. The van der Waals surface area contributed by atoms with Crippen LogP contribution >= 0.6 is 0 Å². The smallest absolute Gasteiger partial charge is 0.416 e. The lowest BCUT2D eigenvalue weighted by molar-refractivity contribution is -0.137. The van der Waals surface area contributed by atoms with Crippen LogP contribution in [0.4, 0.5) is 23.7 Å². The molecule has 1 radical (unpaired) electrons. The Hall–Kier alpha value is -1.72. The molecule has 0 saturated carbocycles. The minimum atomic E-state index is -4.46. The van der Waals surface area contributed by atoms with Gasteiger partial charge in [0, 0.05) is 5.69 Å². The molecule has 0 bridgehead atoms. The Morgan fingerprint density at radius 2 is 2.19 bits per heavy atom. The van der Waals surface area contributed by atoms with Crippen LogP contribution < -0.4 is 5.32 Å². The maximum Gasteiger partial charge on any atom is 0.416 e. The minimum absolute atomic E-state index is 0.00623. The van der Waals surface area contributed by atoms with Gasteiger partial charge < -0.3 is 4.74 Å². The number of ether oxygens (including phenoxy) is 1. The van der Waals surface area contributed by atoms with Gasteiger partial charge in [-0.1, -0.05) is 0 Å². The van der Waals surface area contributed by atoms with Crippen molar-refractivity contribution in [2.45, 2.75) is 13.1 Å². The van der Waals surface area contributed by atoms with E-state index in [-0.39, 0.29) is 12.3 Å². The third kappa shape index (κ3) is 3.45. The molecule has 16 heavy (non-hydrogen) atoms. The molecule has 0 aliphatic heterocycles. The van der Waals surface area contributed by atoms with E-state index in [0.29, 0.717) is 0 Å². The standard InChI is InChI=1S/C10H9F3NO2/c1-2-16-9(15)14-8-5-3-4-7(6-8)10(11,12)13/h4-6H,2H2,1H3,(H,14,15). The molecule has 0 unspecified atom stereocenters. The fourth-order valence-electron chi connectivity index (χ4n) is 0.993. The zero-order chi connectivity index (χ0) is 12.2. The molecule has 1 aromatic rings. The topological polar surface area (TPSA) is 38.3 Å². The zero-order valence-electron chi connectivity index (χ0n) is 8.39. The van der Waals surface area contributed by atoms with Gasteiger partial charge in [0.2, 0.25) is 0 Å². The maximum absolute atomic E-state index is 12.3. The average Bonchev–Trinajstić information content (AvgIpc) is 2.17. The number of nitrogens with one attached hydrogen (secondary N) is 1. The number of amides is 1. The van der Waals surface area contributed by atoms with Crippen molar-refractivity contribution < 1.29 is 22.7 Å². The first kappa shape index (κ1) is 12.4. The van der Waals surface area contributed by atoms with E-state index >= 15 is 0 Å². The van der Waals surface area contributed by atoms with Crippen LogP contribution in [0.2, 0.25) is 0 Å². The molecule has 0 fully saturated rings. The molecule has 0 aliphatic carbocycles. The Kier molecular flexibility index (Phi) is 3.76. The van der Waals surface area contributed by atoms with Gasteiger partial charge in [-0.05, 0) is 31.2 Å². The van der Waals surface area contributed by atoms with Crippen LogP contribution in [0.3, 0.4) is 0 Å². The van der Waals surface area contributed by atoms with Gasteiger partial charge >= 0.3 is 12.3 Å². The molecule has 1 rings (SSSR count). The molecule has 0 saturated heterocycles. The molecule has 1 amide bonds. The van der Waals surface area contributed by atoms with Gasteiger partial charge in [0.15, 0.2) is 0 Å². The lowest BCUT2D eigenvalue weighted by Gasteiger charge is -2.09. The first-order chi connectivity index (χ1) is 7.43. The molecule has 6 heteroatoms. The summed E-state index contributed by atoms with van der Waals surface area (Å²) < 4.78 is 41.4. The van der Waals surface area contributed by atoms with Gasteiger partial charge in [-0.2, -0.15) is 13.2 Å². The van der Waals surface area contributed by atoms with Crippen molar-refractivity contribution in [2.24, 2.45) is 0 Å². The average molecular weight is 232 g/mol. The monoisotopic (exact) mass is 232 g/mol.